The van der Waals surface area contributed by atoms with Gasteiger partial charge in [0.1, 0.15) is 11.2 Å². The average molecular weight is 692 g/mol. The second-order valence-corrected chi connectivity index (χ2v) is 14.8. The predicted octanol–water partition coefficient (Wildman–Crippen LogP) is 13.1. The van der Waals surface area contributed by atoms with Crippen LogP contribution in [0.1, 0.15) is 25.0 Å². The minimum atomic E-state index is -0.156. The van der Waals surface area contributed by atoms with E-state index in [9.17, 15) is 0 Å². The first-order valence-electron chi connectivity index (χ1n) is 18.4. The second kappa shape index (κ2) is 11.5. The monoisotopic (exact) mass is 691 g/mol. The van der Waals surface area contributed by atoms with Crippen molar-refractivity contribution in [2.24, 2.45) is 0 Å². The Kier molecular flexibility index (Phi) is 6.56. The highest BCUT2D eigenvalue weighted by Crippen LogP contribution is 2.49. The van der Waals surface area contributed by atoms with E-state index in [1.54, 1.807) is 0 Å². The number of nitrogens with zero attached hydrogens (tertiary/aromatic N) is 3. The van der Waals surface area contributed by atoms with Gasteiger partial charge in [0.05, 0.1) is 5.56 Å². The molecule has 11 rings (SSSR count). The normalized spacial score (nSPS) is 13.1. The van der Waals surface area contributed by atoms with Crippen LogP contribution in [0.2, 0.25) is 0 Å². The molecule has 0 unspecified atom stereocenters. The molecule has 0 N–H and O–H groups in total. The van der Waals surface area contributed by atoms with Crippen LogP contribution in [0, 0.1) is 0 Å². The van der Waals surface area contributed by atoms with Crippen molar-refractivity contribution in [3.63, 3.8) is 0 Å². The Morgan fingerprint density at radius 1 is 0.407 bits per heavy atom. The summed E-state index contributed by atoms with van der Waals surface area (Å²) in [5, 5.41) is 6.65. The van der Waals surface area contributed by atoms with Gasteiger partial charge in [-0.1, -0.05) is 147 Å². The molecule has 4 nitrogen and oxygen atoms in total. The molecule has 0 aliphatic heterocycles. The molecule has 0 saturated carbocycles. The Labute approximate surface area is 312 Å². The smallest absolute Gasteiger partial charge is 0.167 e. The standard InChI is InChI=1S/C50H33N3O/c1-50(2)42-19-11-10-18-38(42)39-24-22-36(29-43(39)50)48-51-47(35-21-20-31-14-6-7-15-32(31)26-35)52-49(53-48)41-28-34-16-8-9-17-37(34)45-40-27-33(30-12-4-3-5-13-30)23-25-44(40)54-46(41)45/h3-29H,1-2H3. The summed E-state index contributed by atoms with van der Waals surface area (Å²) in [5.41, 5.74) is 11.6. The molecule has 0 saturated heterocycles. The van der Waals surface area contributed by atoms with Crippen LogP contribution >= 0.6 is 0 Å². The molecule has 2 aromatic heterocycles. The maximum Gasteiger partial charge on any atom is 0.167 e. The summed E-state index contributed by atoms with van der Waals surface area (Å²) in [5.74, 6) is 1.82. The van der Waals surface area contributed by atoms with E-state index in [-0.39, 0.29) is 5.41 Å². The lowest BCUT2D eigenvalue weighted by Crippen LogP contribution is -2.15. The van der Waals surface area contributed by atoms with Crippen LogP contribution in [-0.2, 0) is 5.41 Å². The van der Waals surface area contributed by atoms with Crippen molar-refractivity contribution in [1.29, 1.82) is 0 Å². The van der Waals surface area contributed by atoms with Crippen molar-refractivity contribution in [2.75, 3.05) is 0 Å². The minimum absolute atomic E-state index is 0.156. The molecule has 8 aromatic carbocycles. The molecular formula is C50H33N3O. The largest absolute Gasteiger partial charge is 0.455 e. The third-order valence-corrected chi connectivity index (χ3v) is 11.3. The van der Waals surface area contributed by atoms with Crippen molar-refractivity contribution < 1.29 is 4.42 Å². The molecule has 1 aliphatic carbocycles. The van der Waals surface area contributed by atoms with E-state index >= 15 is 0 Å². The number of hydrogen-bond donors (Lipinski definition) is 0. The lowest BCUT2D eigenvalue weighted by Gasteiger charge is -2.21. The van der Waals surface area contributed by atoms with Gasteiger partial charge in [-0.15, -0.1) is 0 Å². The van der Waals surface area contributed by atoms with Gasteiger partial charge in [0.15, 0.2) is 17.5 Å². The molecule has 0 radical (unpaired) electrons. The summed E-state index contributed by atoms with van der Waals surface area (Å²) in [6.07, 6.45) is 0. The summed E-state index contributed by atoms with van der Waals surface area (Å²) < 4.78 is 6.81. The van der Waals surface area contributed by atoms with Crippen molar-refractivity contribution in [1.82, 2.24) is 15.0 Å². The van der Waals surface area contributed by atoms with Crippen LogP contribution in [0.4, 0.5) is 0 Å². The third kappa shape index (κ3) is 4.66. The Morgan fingerprint density at radius 2 is 1.06 bits per heavy atom. The maximum atomic E-state index is 6.81. The molecule has 0 fully saturated rings. The highest BCUT2D eigenvalue weighted by molar-refractivity contribution is 6.22. The zero-order valence-electron chi connectivity index (χ0n) is 29.8. The van der Waals surface area contributed by atoms with Gasteiger partial charge in [0.25, 0.3) is 0 Å². The Bertz CT molecular complexity index is 3140. The Morgan fingerprint density at radius 3 is 1.91 bits per heavy atom. The quantitative estimate of drug-likeness (QED) is 0.184. The first kappa shape index (κ1) is 30.7. The number of rotatable bonds is 4. The van der Waals surface area contributed by atoms with Gasteiger partial charge in [0.2, 0.25) is 0 Å². The molecule has 1 aliphatic rings. The van der Waals surface area contributed by atoms with E-state index in [1.165, 1.54) is 27.6 Å². The number of furan rings is 1. The molecule has 0 bridgehead atoms. The van der Waals surface area contributed by atoms with Crippen LogP contribution in [0.15, 0.2) is 168 Å². The lowest BCUT2D eigenvalue weighted by molar-refractivity contribution is 0.660. The lowest BCUT2D eigenvalue weighted by atomic mass is 9.82. The van der Waals surface area contributed by atoms with Crippen LogP contribution in [0.5, 0.6) is 0 Å². The van der Waals surface area contributed by atoms with E-state index in [4.69, 9.17) is 19.4 Å². The Hall–Kier alpha value is -6.91. The van der Waals surface area contributed by atoms with Crippen molar-refractivity contribution in [2.45, 2.75) is 19.3 Å². The second-order valence-electron chi connectivity index (χ2n) is 14.8. The molecule has 0 amide bonds. The van der Waals surface area contributed by atoms with Crippen molar-refractivity contribution >= 4 is 43.5 Å². The minimum Gasteiger partial charge on any atom is -0.455 e. The summed E-state index contributed by atoms with van der Waals surface area (Å²) in [4.78, 5) is 15.8. The van der Waals surface area contributed by atoms with Crippen LogP contribution < -0.4 is 0 Å². The van der Waals surface area contributed by atoms with Gasteiger partial charge in [-0.05, 0) is 85.3 Å². The molecule has 254 valence electrons. The molecule has 2 heterocycles. The van der Waals surface area contributed by atoms with Crippen LogP contribution in [-0.4, -0.2) is 15.0 Å². The zero-order valence-corrected chi connectivity index (χ0v) is 29.8. The summed E-state index contributed by atoms with van der Waals surface area (Å²) in [6.45, 7) is 4.61. The first-order chi connectivity index (χ1) is 26.5. The van der Waals surface area contributed by atoms with E-state index in [2.05, 4.69) is 172 Å². The fourth-order valence-electron chi connectivity index (χ4n) is 8.53. The summed E-state index contributed by atoms with van der Waals surface area (Å²) in [6, 6.07) is 57.8. The molecule has 0 spiro atoms. The van der Waals surface area contributed by atoms with Gasteiger partial charge < -0.3 is 4.42 Å². The first-order valence-corrected chi connectivity index (χ1v) is 18.4. The van der Waals surface area contributed by atoms with Crippen molar-refractivity contribution in [3.05, 3.63) is 175 Å². The number of aromatic nitrogens is 3. The molecule has 54 heavy (non-hydrogen) atoms. The highest BCUT2D eigenvalue weighted by atomic mass is 16.3. The molecule has 10 aromatic rings. The van der Waals surface area contributed by atoms with Crippen molar-refractivity contribution in [3.8, 4) is 56.4 Å². The van der Waals surface area contributed by atoms with Gasteiger partial charge in [0, 0.05) is 27.3 Å². The Balaban J connectivity index is 1.17. The zero-order chi connectivity index (χ0) is 36.0. The van der Waals surface area contributed by atoms with Gasteiger partial charge in [-0.2, -0.15) is 0 Å². The van der Waals surface area contributed by atoms with Gasteiger partial charge in [-0.3, -0.25) is 0 Å². The number of fused-ring (bicyclic) bond motifs is 9. The topological polar surface area (TPSA) is 51.8 Å². The summed E-state index contributed by atoms with van der Waals surface area (Å²) in [7, 11) is 0. The molecule has 0 atom stereocenters. The fourth-order valence-corrected chi connectivity index (χ4v) is 8.53. The van der Waals surface area contributed by atoms with Crippen LogP contribution in [0.3, 0.4) is 0 Å². The third-order valence-electron chi connectivity index (χ3n) is 11.3. The van der Waals surface area contributed by atoms with E-state index in [1.807, 2.05) is 6.07 Å². The van der Waals surface area contributed by atoms with E-state index in [0.717, 1.165) is 65.9 Å². The fraction of sp³-hybridized carbons (Fsp3) is 0.0600. The van der Waals surface area contributed by atoms with E-state index in [0.29, 0.717) is 17.5 Å². The van der Waals surface area contributed by atoms with Crippen LogP contribution in [0.25, 0.3) is 99.9 Å². The number of hydrogen-bond acceptors (Lipinski definition) is 4. The van der Waals surface area contributed by atoms with Gasteiger partial charge in [-0.25, -0.2) is 15.0 Å². The van der Waals surface area contributed by atoms with Gasteiger partial charge >= 0.3 is 0 Å². The van der Waals surface area contributed by atoms with E-state index < -0.39 is 0 Å². The number of benzene rings is 8. The maximum absolute atomic E-state index is 6.81. The summed E-state index contributed by atoms with van der Waals surface area (Å²) >= 11 is 0. The predicted molar refractivity (Wildman–Crippen MR) is 221 cm³/mol. The SMILES string of the molecule is CC1(C)c2ccccc2-c2ccc(-c3nc(-c4ccc5ccccc5c4)nc(-c4cc5ccccc5c5c4oc4ccc(-c6ccccc6)cc45)n3)cc21. The molecular weight excluding hydrogens is 659 g/mol. The average Bonchev–Trinajstić information content (AvgIpc) is 3.72. The highest BCUT2D eigenvalue weighted by Gasteiger charge is 2.35. The molecule has 4 heteroatoms.